The van der Waals surface area contributed by atoms with Gasteiger partial charge < -0.3 is 5.32 Å². The summed E-state index contributed by atoms with van der Waals surface area (Å²) < 4.78 is 12.9. The third kappa shape index (κ3) is 4.75. The van der Waals surface area contributed by atoms with Crippen molar-refractivity contribution in [2.75, 3.05) is 13.1 Å². The van der Waals surface area contributed by atoms with Crippen molar-refractivity contribution < 1.29 is 4.39 Å². The van der Waals surface area contributed by atoms with Crippen LogP contribution >= 0.6 is 0 Å². The molecule has 0 radical (unpaired) electrons. The van der Waals surface area contributed by atoms with Gasteiger partial charge in [-0.3, -0.25) is 0 Å². The number of nitrogens with one attached hydrogen (secondary N) is 1. The lowest BCUT2D eigenvalue weighted by molar-refractivity contribution is 0.381. The number of rotatable bonds is 4. The standard InChI is InChI=1S/C14H22FN/c1-11-9-13(15)6-5-12(11)7-8-16-10-14(2,3)4/h5-6,9,16H,7-8,10H2,1-4H3. The van der Waals surface area contributed by atoms with E-state index in [9.17, 15) is 4.39 Å². The maximum atomic E-state index is 12.9. The molecule has 0 saturated carbocycles. The molecule has 1 nitrogen and oxygen atoms in total. The first-order chi connectivity index (χ1) is 7.38. The van der Waals surface area contributed by atoms with E-state index in [0.717, 1.165) is 25.1 Å². The van der Waals surface area contributed by atoms with E-state index in [0.29, 0.717) is 5.41 Å². The molecule has 0 aliphatic rings. The van der Waals surface area contributed by atoms with Crippen LogP contribution in [0, 0.1) is 18.2 Å². The topological polar surface area (TPSA) is 12.0 Å². The van der Waals surface area contributed by atoms with E-state index in [1.165, 1.54) is 11.6 Å². The minimum absolute atomic E-state index is 0.149. The van der Waals surface area contributed by atoms with Crippen molar-refractivity contribution in [2.45, 2.75) is 34.1 Å². The molecular weight excluding hydrogens is 201 g/mol. The number of benzene rings is 1. The Balaban J connectivity index is 2.38. The van der Waals surface area contributed by atoms with Crippen molar-refractivity contribution in [3.05, 3.63) is 35.1 Å². The summed E-state index contributed by atoms with van der Waals surface area (Å²) in [5.41, 5.74) is 2.58. The summed E-state index contributed by atoms with van der Waals surface area (Å²) in [5, 5.41) is 3.42. The molecule has 16 heavy (non-hydrogen) atoms. The van der Waals surface area contributed by atoms with Gasteiger partial charge in [0.1, 0.15) is 5.82 Å². The van der Waals surface area contributed by atoms with E-state index in [1.54, 1.807) is 6.07 Å². The fraction of sp³-hybridized carbons (Fsp3) is 0.571. The number of hydrogen-bond donors (Lipinski definition) is 1. The van der Waals surface area contributed by atoms with Crippen LogP contribution in [0.2, 0.25) is 0 Å². The van der Waals surface area contributed by atoms with E-state index in [-0.39, 0.29) is 5.82 Å². The first-order valence-corrected chi connectivity index (χ1v) is 5.84. The summed E-state index contributed by atoms with van der Waals surface area (Å²) >= 11 is 0. The third-order valence-electron chi connectivity index (χ3n) is 2.53. The van der Waals surface area contributed by atoms with Gasteiger partial charge in [0.25, 0.3) is 0 Å². The van der Waals surface area contributed by atoms with Crippen LogP contribution < -0.4 is 5.32 Å². The molecule has 1 N–H and O–H groups in total. The molecule has 0 atom stereocenters. The lowest BCUT2D eigenvalue weighted by Crippen LogP contribution is -2.28. The highest BCUT2D eigenvalue weighted by Crippen LogP contribution is 2.12. The fourth-order valence-corrected chi connectivity index (χ4v) is 1.63. The van der Waals surface area contributed by atoms with E-state index in [2.05, 4.69) is 26.1 Å². The van der Waals surface area contributed by atoms with Crippen LogP contribution in [0.25, 0.3) is 0 Å². The quantitative estimate of drug-likeness (QED) is 0.772. The van der Waals surface area contributed by atoms with Crippen LogP contribution in [-0.2, 0) is 6.42 Å². The average Bonchev–Trinajstić information content (AvgIpc) is 2.13. The van der Waals surface area contributed by atoms with Crippen LogP contribution in [0.5, 0.6) is 0 Å². The molecule has 0 aliphatic heterocycles. The van der Waals surface area contributed by atoms with Crippen LogP contribution in [0.4, 0.5) is 4.39 Å². The van der Waals surface area contributed by atoms with Gasteiger partial charge in [-0.05, 0) is 48.6 Å². The van der Waals surface area contributed by atoms with Crippen LogP contribution in [-0.4, -0.2) is 13.1 Å². The minimum Gasteiger partial charge on any atom is -0.316 e. The summed E-state index contributed by atoms with van der Waals surface area (Å²) in [5.74, 6) is -0.149. The molecule has 0 heterocycles. The minimum atomic E-state index is -0.149. The Morgan fingerprint density at radius 2 is 1.94 bits per heavy atom. The lowest BCUT2D eigenvalue weighted by atomic mass is 9.97. The number of halogens is 1. The van der Waals surface area contributed by atoms with Gasteiger partial charge in [-0.2, -0.15) is 0 Å². The first kappa shape index (κ1) is 13.2. The second kappa shape index (κ2) is 5.44. The molecule has 0 aliphatic carbocycles. The summed E-state index contributed by atoms with van der Waals surface area (Å²) in [6.45, 7) is 10.6. The molecule has 1 aromatic carbocycles. The van der Waals surface area contributed by atoms with E-state index >= 15 is 0 Å². The van der Waals surface area contributed by atoms with E-state index in [1.807, 2.05) is 13.0 Å². The SMILES string of the molecule is Cc1cc(F)ccc1CCNCC(C)(C)C. The van der Waals surface area contributed by atoms with Crippen molar-refractivity contribution in [1.82, 2.24) is 5.32 Å². The number of aryl methyl sites for hydroxylation is 1. The Morgan fingerprint density at radius 3 is 2.50 bits per heavy atom. The molecule has 1 rings (SSSR count). The Hall–Kier alpha value is -0.890. The van der Waals surface area contributed by atoms with Gasteiger partial charge in [0.2, 0.25) is 0 Å². The Morgan fingerprint density at radius 1 is 1.25 bits per heavy atom. The smallest absolute Gasteiger partial charge is 0.123 e. The Bertz CT molecular complexity index is 339. The highest BCUT2D eigenvalue weighted by Gasteiger charge is 2.08. The van der Waals surface area contributed by atoms with Gasteiger partial charge in [0.05, 0.1) is 0 Å². The molecular formula is C14H22FN. The van der Waals surface area contributed by atoms with Gasteiger partial charge in [0.15, 0.2) is 0 Å². The molecule has 0 amide bonds. The van der Waals surface area contributed by atoms with Crippen molar-refractivity contribution in [3.8, 4) is 0 Å². The monoisotopic (exact) mass is 223 g/mol. The van der Waals surface area contributed by atoms with Crippen molar-refractivity contribution in [3.63, 3.8) is 0 Å². The summed E-state index contributed by atoms with van der Waals surface area (Å²) in [6.07, 6.45) is 0.961. The summed E-state index contributed by atoms with van der Waals surface area (Å²) in [4.78, 5) is 0. The highest BCUT2D eigenvalue weighted by molar-refractivity contribution is 5.26. The van der Waals surface area contributed by atoms with Gasteiger partial charge >= 0.3 is 0 Å². The highest BCUT2D eigenvalue weighted by atomic mass is 19.1. The molecule has 2 heteroatoms. The third-order valence-corrected chi connectivity index (χ3v) is 2.53. The molecule has 0 spiro atoms. The molecule has 1 aromatic rings. The molecule has 90 valence electrons. The zero-order chi connectivity index (χ0) is 12.2. The normalized spacial score (nSPS) is 11.8. The molecule has 0 bridgehead atoms. The fourth-order valence-electron chi connectivity index (χ4n) is 1.63. The van der Waals surface area contributed by atoms with Gasteiger partial charge in [-0.25, -0.2) is 4.39 Å². The largest absolute Gasteiger partial charge is 0.316 e. The maximum Gasteiger partial charge on any atom is 0.123 e. The van der Waals surface area contributed by atoms with Crippen molar-refractivity contribution in [2.24, 2.45) is 5.41 Å². The van der Waals surface area contributed by atoms with Gasteiger partial charge in [-0.15, -0.1) is 0 Å². The second-order valence-electron chi connectivity index (χ2n) is 5.56. The second-order valence-corrected chi connectivity index (χ2v) is 5.56. The van der Waals surface area contributed by atoms with Crippen LogP contribution in [0.15, 0.2) is 18.2 Å². The predicted molar refractivity (Wildman–Crippen MR) is 67.2 cm³/mol. The lowest BCUT2D eigenvalue weighted by Gasteiger charge is -2.18. The average molecular weight is 223 g/mol. The van der Waals surface area contributed by atoms with Gasteiger partial charge in [-0.1, -0.05) is 26.8 Å². The molecule has 0 saturated heterocycles. The van der Waals surface area contributed by atoms with E-state index < -0.39 is 0 Å². The Kier molecular flexibility index (Phi) is 4.48. The van der Waals surface area contributed by atoms with Crippen LogP contribution in [0.3, 0.4) is 0 Å². The summed E-state index contributed by atoms with van der Waals surface area (Å²) in [7, 11) is 0. The summed E-state index contributed by atoms with van der Waals surface area (Å²) in [6, 6.07) is 5.01. The molecule has 0 unspecified atom stereocenters. The maximum absolute atomic E-state index is 12.9. The zero-order valence-electron chi connectivity index (χ0n) is 10.7. The molecule has 0 aromatic heterocycles. The molecule has 0 fully saturated rings. The number of hydrogen-bond acceptors (Lipinski definition) is 1. The zero-order valence-corrected chi connectivity index (χ0v) is 10.7. The Labute approximate surface area is 98.1 Å². The first-order valence-electron chi connectivity index (χ1n) is 5.84. The van der Waals surface area contributed by atoms with Crippen molar-refractivity contribution in [1.29, 1.82) is 0 Å². The predicted octanol–water partition coefficient (Wildman–Crippen LogP) is 3.31. The van der Waals surface area contributed by atoms with Gasteiger partial charge in [0, 0.05) is 6.54 Å². The van der Waals surface area contributed by atoms with E-state index in [4.69, 9.17) is 0 Å². The van der Waals surface area contributed by atoms with Crippen LogP contribution in [0.1, 0.15) is 31.9 Å². The van der Waals surface area contributed by atoms with Crippen molar-refractivity contribution >= 4 is 0 Å².